The standard InChI is InChI=1S/C18H19FN4O3/c1-11-20-15(21-23(11)13-4-2-12(19)3-5-13)16(24)22-8-6-18(7-9-22)10-14(18)17(25)26/h2-5,14H,6-10H2,1H3,(H,25,26). The van der Waals surface area contributed by atoms with Crippen LogP contribution in [0.15, 0.2) is 24.3 Å². The van der Waals surface area contributed by atoms with E-state index in [4.69, 9.17) is 5.11 Å². The third-order valence-corrected chi connectivity index (χ3v) is 5.57. The van der Waals surface area contributed by atoms with Crippen LogP contribution in [0.4, 0.5) is 4.39 Å². The van der Waals surface area contributed by atoms with Gasteiger partial charge in [-0.15, -0.1) is 5.10 Å². The van der Waals surface area contributed by atoms with Crippen molar-refractivity contribution in [2.45, 2.75) is 26.2 Å². The van der Waals surface area contributed by atoms with Crippen molar-refractivity contribution in [3.63, 3.8) is 0 Å². The van der Waals surface area contributed by atoms with Crippen LogP contribution in [0.3, 0.4) is 0 Å². The van der Waals surface area contributed by atoms with Crippen LogP contribution in [0.5, 0.6) is 0 Å². The van der Waals surface area contributed by atoms with Crippen LogP contribution in [0.2, 0.25) is 0 Å². The number of carbonyl (C=O) groups is 2. The van der Waals surface area contributed by atoms with Crippen molar-refractivity contribution in [1.82, 2.24) is 19.7 Å². The second-order valence-electron chi connectivity index (χ2n) is 7.12. The van der Waals surface area contributed by atoms with Gasteiger partial charge in [-0.3, -0.25) is 9.59 Å². The highest BCUT2D eigenvalue weighted by atomic mass is 19.1. The molecule has 1 aromatic carbocycles. The van der Waals surface area contributed by atoms with Gasteiger partial charge in [0.05, 0.1) is 11.6 Å². The van der Waals surface area contributed by atoms with Gasteiger partial charge in [0.25, 0.3) is 5.91 Å². The number of nitrogens with zero attached hydrogens (tertiary/aromatic N) is 4. The SMILES string of the molecule is Cc1nc(C(=O)N2CCC3(CC2)CC3C(=O)O)nn1-c1ccc(F)cc1. The van der Waals surface area contributed by atoms with Crippen LogP contribution < -0.4 is 0 Å². The number of aliphatic carboxylic acids is 1. The fourth-order valence-corrected chi connectivity index (χ4v) is 3.85. The summed E-state index contributed by atoms with van der Waals surface area (Å²) in [5, 5.41) is 13.4. The fourth-order valence-electron chi connectivity index (χ4n) is 3.85. The van der Waals surface area contributed by atoms with Gasteiger partial charge < -0.3 is 10.0 Å². The van der Waals surface area contributed by atoms with E-state index >= 15 is 0 Å². The molecule has 1 aliphatic heterocycles. The average Bonchev–Trinajstić information content (AvgIpc) is 3.19. The van der Waals surface area contributed by atoms with Crippen molar-refractivity contribution in [3.8, 4) is 5.69 Å². The minimum atomic E-state index is -0.736. The summed E-state index contributed by atoms with van der Waals surface area (Å²) in [6.45, 7) is 2.78. The van der Waals surface area contributed by atoms with Gasteiger partial charge >= 0.3 is 5.97 Å². The molecule has 0 bridgehead atoms. The Kier molecular flexibility index (Phi) is 3.78. The van der Waals surface area contributed by atoms with Crippen LogP contribution in [0.25, 0.3) is 5.69 Å². The second-order valence-corrected chi connectivity index (χ2v) is 7.12. The van der Waals surface area contributed by atoms with E-state index in [0.29, 0.717) is 43.9 Å². The minimum Gasteiger partial charge on any atom is -0.481 e. The van der Waals surface area contributed by atoms with Crippen LogP contribution in [-0.2, 0) is 4.79 Å². The van der Waals surface area contributed by atoms with E-state index in [0.717, 1.165) is 0 Å². The molecule has 1 atom stereocenters. The summed E-state index contributed by atoms with van der Waals surface area (Å²) >= 11 is 0. The predicted octanol–water partition coefficient (Wildman–Crippen LogP) is 2.04. The number of aryl methyl sites for hydroxylation is 1. The number of carboxylic acids is 1. The molecule has 7 nitrogen and oxygen atoms in total. The highest BCUT2D eigenvalue weighted by molar-refractivity contribution is 5.90. The molecule has 1 aromatic heterocycles. The lowest BCUT2D eigenvalue weighted by Crippen LogP contribution is -2.40. The van der Waals surface area contributed by atoms with E-state index in [2.05, 4.69) is 10.1 Å². The van der Waals surface area contributed by atoms with Crippen LogP contribution >= 0.6 is 0 Å². The number of amides is 1. The van der Waals surface area contributed by atoms with Gasteiger partial charge in [0.1, 0.15) is 11.6 Å². The first-order chi connectivity index (χ1) is 12.4. The molecular formula is C18H19FN4O3. The first-order valence-corrected chi connectivity index (χ1v) is 8.61. The van der Waals surface area contributed by atoms with Gasteiger partial charge in [-0.25, -0.2) is 14.1 Å². The summed E-state index contributed by atoms with van der Waals surface area (Å²) in [6, 6.07) is 5.82. The Balaban J connectivity index is 1.47. The number of halogens is 1. The molecule has 0 radical (unpaired) electrons. The molecule has 1 amide bonds. The number of carboxylic acid groups (broad SMARTS) is 1. The van der Waals surface area contributed by atoms with Gasteiger partial charge in [-0.05, 0) is 55.9 Å². The number of hydrogen-bond donors (Lipinski definition) is 1. The van der Waals surface area contributed by atoms with Gasteiger partial charge in [0.2, 0.25) is 5.82 Å². The summed E-state index contributed by atoms with van der Waals surface area (Å²) in [5.41, 5.74) is 0.509. The van der Waals surface area contributed by atoms with Crippen LogP contribution in [0.1, 0.15) is 35.7 Å². The van der Waals surface area contributed by atoms with Crippen LogP contribution in [-0.4, -0.2) is 49.7 Å². The van der Waals surface area contributed by atoms with Crippen LogP contribution in [0, 0.1) is 24.1 Å². The summed E-state index contributed by atoms with van der Waals surface area (Å²) in [7, 11) is 0. The number of hydrogen-bond acceptors (Lipinski definition) is 4. The molecule has 1 unspecified atom stereocenters. The van der Waals surface area contributed by atoms with Crippen molar-refractivity contribution >= 4 is 11.9 Å². The molecule has 2 aliphatic rings. The Morgan fingerprint density at radius 2 is 1.88 bits per heavy atom. The fraction of sp³-hybridized carbons (Fsp3) is 0.444. The molecule has 1 saturated carbocycles. The number of aromatic nitrogens is 3. The molecule has 1 saturated heterocycles. The van der Waals surface area contributed by atoms with E-state index in [9.17, 15) is 14.0 Å². The molecule has 1 aliphatic carbocycles. The van der Waals surface area contributed by atoms with E-state index in [1.807, 2.05) is 0 Å². The number of carbonyl (C=O) groups excluding carboxylic acids is 1. The lowest BCUT2D eigenvalue weighted by Gasteiger charge is -2.31. The first-order valence-electron chi connectivity index (χ1n) is 8.61. The molecular weight excluding hydrogens is 339 g/mol. The number of likely N-dealkylation sites (tertiary alicyclic amines) is 1. The third-order valence-electron chi connectivity index (χ3n) is 5.57. The zero-order valence-corrected chi connectivity index (χ0v) is 14.4. The predicted molar refractivity (Wildman–Crippen MR) is 89.4 cm³/mol. The van der Waals surface area contributed by atoms with E-state index in [1.165, 1.54) is 16.8 Å². The molecule has 1 spiro atoms. The maximum Gasteiger partial charge on any atom is 0.307 e. The summed E-state index contributed by atoms with van der Waals surface area (Å²) in [6.07, 6.45) is 2.11. The molecule has 2 fully saturated rings. The first kappa shape index (κ1) is 16.7. The third kappa shape index (κ3) is 2.75. The maximum atomic E-state index is 13.1. The molecule has 2 heterocycles. The molecule has 136 valence electrons. The van der Waals surface area contributed by atoms with Gasteiger partial charge in [-0.2, -0.15) is 0 Å². The van der Waals surface area contributed by atoms with Crippen molar-refractivity contribution in [3.05, 3.63) is 41.7 Å². The quantitative estimate of drug-likeness (QED) is 0.907. The van der Waals surface area contributed by atoms with Gasteiger partial charge in [0.15, 0.2) is 0 Å². The van der Waals surface area contributed by atoms with E-state index < -0.39 is 5.97 Å². The topological polar surface area (TPSA) is 88.3 Å². The van der Waals surface area contributed by atoms with Crippen molar-refractivity contribution < 1.29 is 19.1 Å². The van der Waals surface area contributed by atoms with Crippen molar-refractivity contribution in [1.29, 1.82) is 0 Å². The Labute approximate surface area is 149 Å². The normalized spacial score (nSPS) is 21.0. The van der Waals surface area contributed by atoms with E-state index in [1.54, 1.807) is 24.0 Å². The number of piperidine rings is 1. The molecule has 2 aromatic rings. The largest absolute Gasteiger partial charge is 0.481 e. The number of rotatable bonds is 3. The summed E-state index contributed by atoms with van der Waals surface area (Å²) < 4.78 is 14.6. The molecule has 26 heavy (non-hydrogen) atoms. The van der Waals surface area contributed by atoms with Gasteiger partial charge in [0, 0.05) is 13.1 Å². The van der Waals surface area contributed by atoms with Crippen molar-refractivity contribution in [2.24, 2.45) is 11.3 Å². The zero-order valence-electron chi connectivity index (χ0n) is 14.4. The molecule has 1 N–H and O–H groups in total. The average molecular weight is 358 g/mol. The number of benzene rings is 1. The molecule has 4 rings (SSSR count). The summed E-state index contributed by atoms with van der Waals surface area (Å²) in [4.78, 5) is 29.8. The Bertz CT molecular complexity index is 869. The van der Waals surface area contributed by atoms with E-state index in [-0.39, 0.29) is 28.9 Å². The summed E-state index contributed by atoms with van der Waals surface area (Å²) in [5.74, 6) is -0.950. The monoisotopic (exact) mass is 358 g/mol. The highest BCUT2D eigenvalue weighted by Crippen LogP contribution is 2.59. The molecule has 8 heteroatoms. The smallest absolute Gasteiger partial charge is 0.307 e. The Morgan fingerprint density at radius 3 is 2.46 bits per heavy atom. The van der Waals surface area contributed by atoms with Gasteiger partial charge in [-0.1, -0.05) is 0 Å². The second kappa shape index (κ2) is 5.89. The Morgan fingerprint density at radius 1 is 1.23 bits per heavy atom. The lowest BCUT2D eigenvalue weighted by atomic mass is 9.91. The Hall–Kier alpha value is -2.77. The zero-order chi connectivity index (χ0) is 18.5. The maximum absolute atomic E-state index is 13.1. The minimum absolute atomic E-state index is 0.105. The lowest BCUT2D eigenvalue weighted by molar-refractivity contribution is -0.139. The highest BCUT2D eigenvalue weighted by Gasteiger charge is 2.59. The van der Waals surface area contributed by atoms with Crippen molar-refractivity contribution in [2.75, 3.05) is 13.1 Å².